The summed E-state index contributed by atoms with van der Waals surface area (Å²) in [5.41, 5.74) is 1.78. The van der Waals surface area contributed by atoms with Crippen molar-refractivity contribution in [3.8, 4) is 11.4 Å². The van der Waals surface area contributed by atoms with Crippen molar-refractivity contribution in [2.24, 2.45) is 7.05 Å². The van der Waals surface area contributed by atoms with Crippen molar-refractivity contribution in [1.29, 1.82) is 0 Å². The number of carbonyl (C=O) groups excluding carboxylic acids is 1. The number of imidazole rings is 1. The molecular formula is C21H20N6O2. The van der Waals surface area contributed by atoms with Gasteiger partial charge >= 0.3 is 0 Å². The average molecular weight is 388 g/mol. The monoisotopic (exact) mass is 388 g/mol. The molecule has 8 heteroatoms. The number of carbonyl (C=O) groups is 1. The lowest BCUT2D eigenvalue weighted by atomic mass is 10.1. The third-order valence-electron chi connectivity index (χ3n) is 4.53. The summed E-state index contributed by atoms with van der Waals surface area (Å²) in [6, 6.07) is 13.0. The van der Waals surface area contributed by atoms with Gasteiger partial charge in [-0.1, -0.05) is 35.5 Å². The van der Waals surface area contributed by atoms with Crippen molar-refractivity contribution in [1.82, 2.24) is 30.0 Å². The lowest BCUT2D eigenvalue weighted by Crippen LogP contribution is -2.31. The highest BCUT2D eigenvalue weighted by Gasteiger charge is 2.21. The fourth-order valence-corrected chi connectivity index (χ4v) is 3.03. The van der Waals surface area contributed by atoms with Crippen LogP contribution in [-0.2, 0) is 18.3 Å². The molecule has 29 heavy (non-hydrogen) atoms. The van der Waals surface area contributed by atoms with Gasteiger partial charge in [-0.25, -0.2) is 4.98 Å². The minimum atomic E-state index is -0.334. The Kier molecular flexibility index (Phi) is 5.42. The quantitative estimate of drug-likeness (QED) is 0.523. The predicted octanol–water partition coefficient (Wildman–Crippen LogP) is 2.70. The molecule has 0 fully saturated rings. The van der Waals surface area contributed by atoms with Gasteiger partial charge in [-0.2, -0.15) is 4.98 Å². The fourth-order valence-electron chi connectivity index (χ4n) is 3.03. The molecule has 0 radical (unpaired) electrons. The Morgan fingerprint density at radius 1 is 1.14 bits per heavy atom. The van der Waals surface area contributed by atoms with Crippen LogP contribution in [0.5, 0.6) is 0 Å². The highest BCUT2D eigenvalue weighted by molar-refractivity contribution is 5.77. The van der Waals surface area contributed by atoms with E-state index >= 15 is 0 Å². The normalized spacial score (nSPS) is 11.9. The molecule has 0 spiro atoms. The molecule has 8 nitrogen and oxygen atoms in total. The van der Waals surface area contributed by atoms with Crippen LogP contribution in [0.25, 0.3) is 11.4 Å². The lowest BCUT2D eigenvalue weighted by Gasteiger charge is -2.19. The molecule has 1 aromatic carbocycles. The number of nitrogens with zero attached hydrogens (tertiary/aromatic N) is 5. The average Bonchev–Trinajstić information content (AvgIpc) is 3.41. The number of aromatic nitrogens is 5. The minimum Gasteiger partial charge on any atom is -0.342 e. The summed E-state index contributed by atoms with van der Waals surface area (Å²) >= 11 is 0. The maximum Gasteiger partial charge on any atom is 0.227 e. The first kappa shape index (κ1) is 18.5. The first-order valence-corrected chi connectivity index (χ1v) is 9.25. The zero-order valence-electron chi connectivity index (χ0n) is 15.9. The van der Waals surface area contributed by atoms with Crippen LogP contribution in [0.2, 0.25) is 0 Å². The molecule has 1 amide bonds. The maximum atomic E-state index is 12.6. The number of nitrogens with one attached hydrogen (secondary N) is 1. The summed E-state index contributed by atoms with van der Waals surface area (Å²) in [5.74, 6) is 1.55. The molecule has 3 aromatic heterocycles. The van der Waals surface area contributed by atoms with Gasteiger partial charge in [0.25, 0.3) is 0 Å². The Labute approximate surface area is 167 Å². The Morgan fingerprint density at radius 3 is 2.66 bits per heavy atom. The van der Waals surface area contributed by atoms with E-state index in [1.165, 1.54) is 0 Å². The Balaban J connectivity index is 1.43. The summed E-state index contributed by atoms with van der Waals surface area (Å²) in [5, 5.41) is 7.03. The fraction of sp³-hybridized carbons (Fsp3) is 0.190. The molecule has 1 N–H and O–H groups in total. The highest BCUT2D eigenvalue weighted by Crippen LogP contribution is 2.20. The third-order valence-corrected chi connectivity index (χ3v) is 4.53. The van der Waals surface area contributed by atoms with E-state index in [9.17, 15) is 4.79 Å². The van der Waals surface area contributed by atoms with Gasteiger partial charge in [-0.3, -0.25) is 9.78 Å². The van der Waals surface area contributed by atoms with E-state index in [0.717, 1.165) is 17.0 Å². The summed E-state index contributed by atoms with van der Waals surface area (Å²) in [4.78, 5) is 25.4. The van der Waals surface area contributed by atoms with Crippen LogP contribution in [0, 0.1) is 0 Å². The van der Waals surface area contributed by atoms with Crippen LogP contribution < -0.4 is 5.32 Å². The van der Waals surface area contributed by atoms with E-state index in [4.69, 9.17) is 4.52 Å². The minimum absolute atomic E-state index is 0.120. The second-order valence-electron chi connectivity index (χ2n) is 6.56. The van der Waals surface area contributed by atoms with Crippen molar-refractivity contribution in [2.45, 2.75) is 18.9 Å². The topological polar surface area (TPSA) is 98.7 Å². The third kappa shape index (κ3) is 4.37. The molecule has 0 saturated heterocycles. The zero-order chi connectivity index (χ0) is 20.1. The predicted molar refractivity (Wildman–Crippen MR) is 105 cm³/mol. The molecule has 0 aliphatic carbocycles. The Hall–Kier alpha value is -3.81. The van der Waals surface area contributed by atoms with Crippen molar-refractivity contribution >= 4 is 5.91 Å². The van der Waals surface area contributed by atoms with Crippen LogP contribution in [0.3, 0.4) is 0 Å². The van der Waals surface area contributed by atoms with E-state index in [-0.39, 0.29) is 18.4 Å². The largest absolute Gasteiger partial charge is 0.342 e. The van der Waals surface area contributed by atoms with Crippen molar-refractivity contribution in [2.75, 3.05) is 0 Å². The highest BCUT2D eigenvalue weighted by atomic mass is 16.5. The second kappa shape index (κ2) is 8.47. The Morgan fingerprint density at radius 2 is 1.93 bits per heavy atom. The first-order chi connectivity index (χ1) is 14.2. The van der Waals surface area contributed by atoms with Crippen LogP contribution in [-0.4, -0.2) is 30.6 Å². The smallest absolute Gasteiger partial charge is 0.227 e. The number of aryl methyl sites for hydroxylation is 2. The second-order valence-corrected chi connectivity index (χ2v) is 6.56. The van der Waals surface area contributed by atoms with Crippen LogP contribution >= 0.6 is 0 Å². The van der Waals surface area contributed by atoms with Gasteiger partial charge in [0.15, 0.2) is 0 Å². The molecule has 0 saturated carbocycles. The van der Waals surface area contributed by atoms with Gasteiger partial charge in [0.2, 0.25) is 17.6 Å². The SMILES string of the molecule is Cn1ccnc1C(NC(=O)CCc1nc(-c2ccncc2)no1)c1ccccc1. The maximum absolute atomic E-state index is 12.6. The van der Waals surface area contributed by atoms with E-state index in [0.29, 0.717) is 18.1 Å². The van der Waals surface area contributed by atoms with E-state index in [2.05, 4.69) is 25.4 Å². The summed E-state index contributed by atoms with van der Waals surface area (Å²) in [7, 11) is 1.91. The molecule has 1 unspecified atom stereocenters. The van der Waals surface area contributed by atoms with Crippen LogP contribution in [0.15, 0.2) is 71.8 Å². The number of amides is 1. The Bertz CT molecular complexity index is 1070. The van der Waals surface area contributed by atoms with E-state index in [1.54, 1.807) is 30.7 Å². The molecule has 0 aliphatic heterocycles. The molecule has 4 rings (SSSR count). The van der Waals surface area contributed by atoms with Gasteiger partial charge in [0.05, 0.1) is 0 Å². The summed E-state index contributed by atoms with van der Waals surface area (Å²) in [6.45, 7) is 0. The summed E-state index contributed by atoms with van der Waals surface area (Å²) < 4.78 is 7.17. The number of rotatable bonds is 7. The zero-order valence-corrected chi connectivity index (χ0v) is 15.9. The molecule has 146 valence electrons. The summed E-state index contributed by atoms with van der Waals surface area (Å²) in [6.07, 6.45) is 7.49. The lowest BCUT2D eigenvalue weighted by molar-refractivity contribution is -0.121. The van der Waals surface area contributed by atoms with Gasteiger partial charge in [0.1, 0.15) is 11.9 Å². The number of hydrogen-bond donors (Lipinski definition) is 1. The van der Waals surface area contributed by atoms with E-state index < -0.39 is 0 Å². The first-order valence-electron chi connectivity index (χ1n) is 9.25. The number of hydrogen-bond acceptors (Lipinski definition) is 6. The number of pyridine rings is 1. The van der Waals surface area contributed by atoms with Crippen LogP contribution in [0.1, 0.15) is 29.7 Å². The van der Waals surface area contributed by atoms with Crippen LogP contribution in [0.4, 0.5) is 0 Å². The molecule has 4 aromatic rings. The molecule has 0 bridgehead atoms. The van der Waals surface area contributed by atoms with Gasteiger partial charge < -0.3 is 14.4 Å². The standard InChI is InChI=1S/C21H20N6O2/c1-27-14-13-23-21(27)19(15-5-3-2-4-6-15)24-17(28)7-8-18-25-20(26-29-18)16-9-11-22-12-10-16/h2-6,9-14,19H,7-8H2,1H3,(H,24,28). The van der Waals surface area contributed by atoms with E-state index in [1.807, 2.05) is 48.1 Å². The molecule has 1 atom stereocenters. The number of benzene rings is 1. The van der Waals surface area contributed by atoms with Gasteiger partial charge in [-0.05, 0) is 17.7 Å². The molecule has 3 heterocycles. The van der Waals surface area contributed by atoms with Crippen molar-refractivity contribution < 1.29 is 9.32 Å². The van der Waals surface area contributed by atoms with Gasteiger partial charge in [0, 0.05) is 50.2 Å². The van der Waals surface area contributed by atoms with Gasteiger partial charge in [-0.15, -0.1) is 0 Å². The van der Waals surface area contributed by atoms with Crippen molar-refractivity contribution in [3.63, 3.8) is 0 Å². The molecular weight excluding hydrogens is 368 g/mol. The van der Waals surface area contributed by atoms with Crippen molar-refractivity contribution in [3.05, 3.63) is 84.5 Å². The molecule has 0 aliphatic rings.